The summed E-state index contributed by atoms with van der Waals surface area (Å²) < 4.78 is 1.64. The van der Waals surface area contributed by atoms with Crippen molar-refractivity contribution in [1.29, 1.82) is 0 Å². The molecular weight excluding hydrogens is 314 g/mol. The van der Waals surface area contributed by atoms with Gasteiger partial charge in [0.2, 0.25) is 5.91 Å². The Labute approximate surface area is 139 Å². The molecule has 1 saturated heterocycles. The van der Waals surface area contributed by atoms with E-state index >= 15 is 0 Å². The minimum Gasteiger partial charge on any atom is -0.465 e. The van der Waals surface area contributed by atoms with Crippen molar-refractivity contribution in [2.75, 3.05) is 13.1 Å². The van der Waals surface area contributed by atoms with Gasteiger partial charge in [-0.2, -0.15) is 0 Å². The zero-order valence-electron chi connectivity index (χ0n) is 13.7. The number of rotatable bonds is 3. The van der Waals surface area contributed by atoms with Crippen LogP contribution in [0.1, 0.15) is 31.3 Å². The number of nitrogens with one attached hydrogen (secondary N) is 1. The average Bonchev–Trinajstić information content (AvgIpc) is 3.07. The number of carbonyl (C=O) groups is 3. The van der Waals surface area contributed by atoms with Crippen LogP contribution in [-0.2, 0) is 11.3 Å². The molecule has 0 bridgehead atoms. The largest absolute Gasteiger partial charge is 0.465 e. The molecule has 0 aliphatic carbocycles. The van der Waals surface area contributed by atoms with E-state index in [1.807, 2.05) is 11.8 Å². The van der Waals surface area contributed by atoms with Crippen molar-refractivity contribution in [2.24, 2.45) is 0 Å². The molecule has 3 heterocycles. The lowest BCUT2D eigenvalue weighted by molar-refractivity contribution is -0.134. The highest BCUT2D eigenvalue weighted by atomic mass is 16.4. The van der Waals surface area contributed by atoms with Crippen LogP contribution in [0.3, 0.4) is 0 Å². The minimum atomic E-state index is -1.21. The van der Waals surface area contributed by atoms with Crippen LogP contribution in [0.25, 0.3) is 0 Å². The molecule has 1 atom stereocenters. The maximum atomic E-state index is 12.5. The van der Waals surface area contributed by atoms with Crippen LogP contribution < -0.4 is 5.32 Å². The summed E-state index contributed by atoms with van der Waals surface area (Å²) in [5, 5.41) is 10.9. The first-order valence-electron chi connectivity index (χ1n) is 8.01. The number of aryl methyl sites for hydroxylation is 1. The summed E-state index contributed by atoms with van der Waals surface area (Å²) in [6.45, 7) is 4.93. The summed E-state index contributed by atoms with van der Waals surface area (Å²) in [5.74, 6) is 0.466. The SMILES string of the molecule is Cc1ncc2n1C(=O)N(C1CCN(C(=O)[C@@H](C)NC(=O)O)CC1)C2. The van der Waals surface area contributed by atoms with E-state index < -0.39 is 12.1 Å². The second-order valence-corrected chi connectivity index (χ2v) is 6.27. The van der Waals surface area contributed by atoms with Gasteiger partial charge in [-0.15, -0.1) is 0 Å². The Morgan fingerprint density at radius 1 is 1.38 bits per heavy atom. The van der Waals surface area contributed by atoms with Crippen LogP contribution >= 0.6 is 0 Å². The lowest BCUT2D eigenvalue weighted by Gasteiger charge is -2.37. The fourth-order valence-electron chi connectivity index (χ4n) is 3.44. The second kappa shape index (κ2) is 6.14. The van der Waals surface area contributed by atoms with Gasteiger partial charge in [-0.05, 0) is 26.7 Å². The molecule has 3 rings (SSSR count). The topological polar surface area (TPSA) is 108 Å². The van der Waals surface area contributed by atoms with E-state index in [9.17, 15) is 14.4 Å². The average molecular weight is 335 g/mol. The standard InChI is InChI=1S/C15H21N5O4/c1-9(17-14(22)23)13(21)18-5-3-11(4-6-18)19-8-12-7-16-10(2)20(12)15(19)24/h7,9,11,17H,3-6,8H2,1-2H3,(H,22,23)/t9-/m1/s1. The number of carbonyl (C=O) groups excluding carboxylic acids is 2. The second-order valence-electron chi connectivity index (χ2n) is 6.27. The molecule has 0 unspecified atom stereocenters. The predicted octanol–water partition coefficient (Wildman–Crippen LogP) is 0.622. The fourth-order valence-corrected chi connectivity index (χ4v) is 3.44. The zero-order valence-corrected chi connectivity index (χ0v) is 13.7. The first-order valence-corrected chi connectivity index (χ1v) is 8.01. The molecule has 0 saturated carbocycles. The summed E-state index contributed by atoms with van der Waals surface area (Å²) in [5.41, 5.74) is 0.898. The number of likely N-dealkylation sites (tertiary alicyclic amines) is 1. The molecule has 3 amide bonds. The quantitative estimate of drug-likeness (QED) is 0.842. The highest BCUT2D eigenvalue weighted by molar-refractivity contribution is 5.85. The Morgan fingerprint density at radius 3 is 2.62 bits per heavy atom. The number of imidazole rings is 1. The Kier molecular flexibility index (Phi) is 4.16. The number of aromatic nitrogens is 2. The van der Waals surface area contributed by atoms with E-state index in [1.165, 1.54) is 6.92 Å². The van der Waals surface area contributed by atoms with Crippen LogP contribution in [0.15, 0.2) is 6.20 Å². The van der Waals surface area contributed by atoms with Gasteiger partial charge in [0.25, 0.3) is 0 Å². The first kappa shape index (κ1) is 16.3. The molecule has 1 fully saturated rings. The van der Waals surface area contributed by atoms with Crippen LogP contribution in [0.2, 0.25) is 0 Å². The van der Waals surface area contributed by atoms with Crippen molar-refractivity contribution in [2.45, 2.75) is 45.3 Å². The van der Waals surface area contributed by atoms with Gasteiger partial charge in [0.05, 0.1) is 18.4 Å². The van der Waals surface area contributed by atoms with E-state index in [-0.39, 0.29) is 18.0 Å². The van der Waals surface area contributed by atoms with E-state index in [4.69, 9.17) is 5.11 Å². The molecule has 2 aliphatic heterocycles. The molecule has 130 valence electrons. The van der Waals surface area contributed by atoms with Gasteiger partial charge in [0.1, 0.15) is 11.9 Å². The Balaban J connectivity index is 1.57. The number of carboxylic acid groups (broad SMARTS) is 1. The van der Waals surface area contributed by atoms with Crippen molar-refractivity contribution >= 4 is 18.0 Å². The first-order chi connectivity index (χ1) is 11.4. The predicted molar refractivity (Wildman–Crippen MR) is 83.5 cm³/mol. The number of piperidine rings is 1. The van der Waals surface area contributed by atoms with Gasteiger partial charge < -0.3 is 20.2 Å². The number of hydrogen-bond acceptors (Lipinski definition) is 4. The molecule has 2 aliphatic rings. The number of fused-ring (bicyclic) bond motifs is 1. The van der Waals surface area contributed by atoms with Gasteiger partial charge in [-0.1, -0.05) is 0 Å². The molecule has 9 heteroatoms. The highest BCUT2D eigenvalue weighted by Gasteiger charge is 2.36. The molecule has 0 radical (unpaired) electrons. The smallest absolute Gasteiger partial charge is 0.405 e. The van der Waals surface area contributed by atoms with E-state index in [1.54, 1.807) is 15.7 Å². The molecule has 9 nitrogen and oxygen atoms in total. The van der Waals surface area contributed by atoms with Gasteiger partial charge in [-0.25, -0.2) is 14.6 Å². The number of amides is 3. The van der Waals surface area contributed by atoms with E-state index in [2.05, 4.69) is 10.3 Å². The summed E-state index contributed by atoms with van der Waals surface area (Å²) >= 11 is 0. The summed E-state index contributed by atoms with van der Waals surface area (Å²) in [7, 11) is 0. The van der Waals surface area contributed by atoms with Crippen molar-refractivity contribution in [3.63, 3.8) is 0 Å². The number of hydrogen-bond donors (Lipinski definition) is 2. The minimum absolute atomic E-state index is 0.0503. The van der Waals surface area contributed by atoms with E-state index in [0.717, 1.165) is 5.69 Å². The monoisotopic (exact) mass is 335 g/mol. The summed E-state index contributed by atoms with van der Waals surface area (Å²) in [6.07, 6.45) is 1.90. The summed E-state index contributed by atoms with van der Waals surface area (Å²) in [6, 6.07) is -0.726. The maximum absolute atomic E-state index is 12.5. The highest BCUT2D eigenvalue weighted by Crippen LogP contribution is 2.26. The van der Waals surface area contributed by atoms with Crippen LogP contribution in [0.4, 0.5) is 9.59 Å². The Bertz CT molecular complexity index is 677. The van der Waals surface area contributed by atoms with Crippen LogP contribution in [-0.4, -0.2) is 67.7 Å². The Hall–Kier alpha value is -2.58. The lowest BCUT2D eigenvalue weighted by atomic mass is 10.0. The molecule has 24 heavy (non-hydrogen) atoms. The van der Waals surface area contributed by atoms with Crippen molar-refractivity contribution in [3.8, 4) is 0 Å². The van der Waals surface area contributed by atoms with Gasteiger partial charge in [0.15, 0.2) is 0 Å². The third-order valence-electron chi connectivity index (χ3n) is 4.71. The molecule has 2 N–H and O–H groups in total. The maximum Gasteiger partial charge on any atom is 0.405 e. The normalized spacial score (nSPS) is 19.3. The van der Waals surface area contributed by atoms with Gasteiger partial charge >= 0.3 is 12.1 Å². The lowest BCUT2D eigenvalue weighted by Crippen LogP contribution is -2.52. The molecular formula is C15H21N5O4. The Morgan fingerprint density at radius 2 is 2.04 bits per heavy atom. The van der Waals surface area contributed by atoms with Crippen LogP contribution in [0, 0.1) is 6.92 Å². The zero-order chi connectivity index (χ0) is 17.4. The van der Waals surface area contributed by atoms with Crippen molar-refractivity contribution in [1.82, 2.24) is 24.7 Å². The van der Waals surface area contributed by atoms with Crippen molar-refractivity contribution in [3.05, 3.63) is 17.7 Å². The van der Waals surface area contributed by atoms with Gasteiger partial charge in [-0.3, -0.25) is 9.36 Å². The van der Waals surface area contributed by atoms with E-state index in [0.29, 0.717) is 38.3 Å². The van der Waals surface area contributed by atoms with Crippen molar-refractivity contribution < 1.29 is 19.5 Å². The van der Waals surface area contributed by atoms with Gasteiger partial charge in [0, 0.05) is 19.1 Å². The van der Waals surface area contributed by atoms with Crippen LogP contribution in [0.5, 0.6) is 0 Å². The molecule has 1 aromatic rings. The molecule has 1 aromatic heterocycles. The third kappa shape index (κ3) is 2.81. The molecule has 0 spiro atoms. The summed E-state index contributed by atoms with van der Waals surface area (Å²) in [4.78, 5) is 43.0. The third-order valence-corrected chi connectivity index (χ3v) is 4.71. The number of nitrogens with zero attached hydrogens (tertiary/aromatic N) is 4. The molecule has 0 aromatic carbocycles. The fraction of sp³-hybridized carbons (Fsp3) is 0.600.